The fourth-order valence-corrected chi connectivity index (χ4v) is 4.05. The molecule has 2 heterocycles. The number of aryl methyl sites for hydroxylation is 1. The maximum absolute atomic E-state index is 12.9. The van der Waals surface area contributed by atoms with E-state index in [-0.39, 0.29) is 25.1 Å². The predicted octanol–water partition coefficient (Wildman–Crippen LogP) is 2.02. The smallest absolute Gasteiger partial charge is 0.319 e. The van der Waals surface area contributed by atoms with Gasteiger partial charge in [-0.15, -0.1) is 0 Å². The third kappa shape index (κ3) is 5.47. The molecule has 1 saturated heterocycles. The SMILES string of the molecule is Cc1ccc(NC(=O)NCc2cc(N)cc(NC3=CC(=O)N(C4CCC(=O)NC4=O)C3=O)c2)cc1Cl. The van der Waals surface area contributed by atoms with Crippen molar-refractivity contribution in [2.75, 3.05) is 16.4 Å². The number of anilines is 3. The zero-order chi connectivity index (χ0) is 26.0. The number of piperidine rings is 1. The maximum atomic E-state index is 12.9. The van der Waals surface area contributed by atoms with Crippen LogP contribution in [0, 0.1) is 6.92 Å². The quantitative estimate of drug-likeness (QED) is 0.293. The van der Waals surface area contributed by atoms with Gasteiger partial charge in [-0.3, -0.25) is 29.4 Å². The van der Waals surface area contributed by atoms with Crippen molar-refractivity contribution in [3.8, 4) is 0 Å². The summed E-state index contributed by atoms with van der Waals surface area (Å²) in [5.74, 6) is -2.48. The molecule has 0 saturated carbocycles. The molecule has 2 aliphatic rings. The summed E-state index contributed by atoms with van der Waals surface area (Å²) in [5, 5.41) is 10.9. The first kappa shape index (κ1) is 24.7. The van der Waals surface area contributed by atoms with E-state index in [1.165, 1.54) is 0 Å². The van der Waals surface area contributed by atoms with Crippen LogP contribution in [0.5, 0.6) is 0 Å². The number of carbonyl (C=O) groups excluding carboxylic acids is 5. The van der Waals surface area contributed by atoms with Crippen LogP contribution in [0.3, 0.4) is 0 Å². The lowest BCUT2D eigenvalue weighted by Gasteiger charge is -2.28. The number of nitrogens with two attached hydrogens (primary N) is 1. The molecule has 1 unspecified atom stereocenters. The van der Waals surface area contributed by atoms with Crippen LogP contribution in [0.25, 0.3) is 0 Å². The van der Waals surface area contributed by atoms with E-state index in [4.69, 9.17) is 17.3 Å². The number of nitrogens with one attached hydrogen (secondary N) is 4. The molecule has 0 radical (unpaired) electrons. The summed E-state index contributed by atoms with van der Waals surface area (Å²) in [6, 6.07) is 8.53. The normalized spacial score (nSPS) is 17.6. The van der Waals surface area contributed by atoms with Gasteiger partial charge in [-0.2, -0.15) is 0 Å². The van der Waals surface area contributed by atoms with Gasteiger partial charge in [0.25, 0.3) is 11.8 Å². The van der Waals surface area contributed by atoms with Crippen LogP contribution in [-0.4, -0.2) is 40.6 Å². The molecule has 6 amide bonds. The molecule has 186 valence electrons. The Bertz CT molecular complexity index is 1320. The molecule has 36 heavy (non-hydrogen) atoms. The number of urea groups is 1. The Kier molecular flexibility index (Phi) is 6.93. The molecule has 4 rings (SSSR count). The number of hydrogen-bond acceptors (Lipinski definition) is 7. The monoisotopic (exact) mass is 510 g/mol. The number of rotatable bonds is 6. The summed E-state index contributed by atoms with van der Waals surface area (Å²) in [7, 11) is 0. The zero-order valence-corrected chi connectivity index (χ0v) is 19.9. The third-order valence-corrected chi connectivity index (χ3v) is 6.06. The van der Waals surface area contributed by atoms with E-state index in [2.05, 4.69) is 21.3 Å². The minimum atomic E-state index is -1.05. The predicted molar refractivity (Wildman–Crippen MR) is 133 cm³/mol. The lowest BCUT2D eigenvalue weighted by molar-refractivity contribution is -0.149. The van der Waals surface area contributed by atoms with Gasteiger partial charge in [0.15, 0.2) is 0 Å². The van der Waals surface area contributed by atoms with Crippen molar-refractivity contribution in [2.45, 2.75) is 32.4 Å². The number of carbonyl (C=O) groups is 5. The Morgan fingerprint density at radius 3 is 2.64 bits per heavy atom. The minimum absolute atomic E-state index is 0.0341. The molecule has 0 aliphatic carbocycles. The molecule has 0 bridgehead atoms. The molecule has 2 aliphatic heterocycles. The van der Waals surface area contributed by atoms with Gasteiger partial charge in [0.05, 0.1) is 0 Å². The zero-order valence-electron chi connectivity index (χ0n) is 19.2. The van der Waals surface area contributed by atoms with E-state index in [1.807, 2.05) is 6.92 Å². The molecule has 1 fully saturated rings. The fraction of sp³-hybridized carbons (Fsp3) is 0.208. The minimum Gasteiger partial charge on any atom is -0.399 e. The van der Waals surface area contributed by atoms with Gasteiger partial charge >= 0.3 is 6.03 Å². The Morgan fingerprint density at radius 2 is 1.92 bits per heavy atom. The molecule has 2 aromatic carbocycles. The van der Waals surface area contributed by atoms with Crippen LogP contribution >= 0.6 is 11.6 Å². The van der Waals surface area contributed by atoms with Crippen LogP contribution in [0.2, 0.25) is 5.02 Å². The van der Waals surface area contributed by atoms with Crippen molar-refractivity contribution in [1.29, 1.82) is 0 Å². The van der Waals surface area contributed by atoms with Crippen LogP contribution in [0.1, 0.15) is 24.0 Å². The third-order valence-electron chi connectivity index (χ3n) is 5.65. The second-order valence-electron chi connectivity index (χ2n) is 8.40. The Hall–Kier alpha value is -4.38. The molecule has 2 aromatic rings. The van der Waals surface area contributed by atoms with Crippen LogP contribution < -0.4 is 27.0 Å². The average molecular weight is 511 g/mol. The average Bonchev–Trinajstić information content (AvgIpc) is 3.07. The number of nitrogens with zero attached hydrogens (tertiary/aromatic N) is 1. The fourth-order valence-electron chi connectivity index (χ4n) is 3.87. The summed E-state index contributed by atoms with van der Waals surface area (Å²) in [6.07, 6.45) is 1.19. The number of amides is 6. The molecule has 6 N–H and O–H groups in total. The molecule has 0 spiro atoms. The molecular weight excluding hydrogens is 488 g/mol. The highest BCUT2D eigenvalue weighted by Crippen LogP contribution is 2.25. The summed E-state index contributed by atoms with van der Waals surface area (Å²) in [4.78, 5) is 61.9. The second-order valence-corrected chi connectivity index (χ2v) is 8.81. The summed E-state index contributed by atoms with van der Waals surface area (Å²) >= 11 is 6.08. The van der Waals surface area contributed by atoms with E-state index in [0.29, 0.717) is 27.6 Å². The molecule has 11 nitrogen and oxygen atoms in total. The van der Waals surface area contributed by atoms with E-state index < -0.39 is 35.7 Å². The summed E-state index contributed by atoms with van der Waals surface area (Å²) in [6.45, 7) is 1.98. The highest BCUT2D eigenvalue weighted by molar-refractivity contribution is 6.31. The molecule has 12 heteroatoms. The van der Waals surface area contributed by atoms with Crippen molar-refractivity contribution >= 4 is 58.3 Å². The number of imide groups is 2. The Labute approximate surface area is 211 Å². The maximum Gasteiger partial charge on any atom is 0.319 e. The van der Waals surface area contributed by atoms with Crippen LogP contribution in [-0.2, 0) is 25.7 Å². The van der Waals surface area contributed by atoms with Gasteiger partial charge in [0.2, 0.25) is 11.8 Å². The lowest BCUT2D eigenvalue weighted by atomic mass is 10.0. The highest BCUT2D eigenvalue weighted by atomic mass is 35.5. The largest absolute Gasteiger partial charge is 0.399 e. The number of hydrogen-bond donors (Lipinski definition) is 5. The number of halogens is 1. The van der Waals surface area contributed by atoms with Crippen molar-refractivity contribution in [3.63, 3.8) is 0 Å². The molecule has 0 aromatic heterocycles. The van der Waals surface area contributed by atoms with E-state index >= 15 is 0 Å². The van der Waals surface area contributed by atoms with Gasteiger partial charge in [-0.25, -0.2) is 4.79 Å². The van der Waals surface area contributed by atoms with Crippen molar-refractivity contribution in [1.82, 2.24) is 15.5 Å². The standard InChI is InChI=1S/C24H23ClN6O5/c1-12-2-3-15(9-17(12)25)29-24(36)27-11-13-6-14(26)8-16(7-13)28-18-10-21(33)31(23(18)35)19-4-5-20(32)30-22(19)34/h2-3,6-10,19,28H,4-5,11,26H2,1H3,(H2,27,29,36)(H,30,32,34). The number of nitrogen functional groups attached to an aromatic ring is 1. The van der Waals surface area contributed by atoms with Crippen LogP contribution in [0.4, 0.5) is 21.9 Å². The Balaban J connectivity index is 1.39. The van der Waals surface area contributed by atoms with Gasteiger partial charge in [-0.05, 0) is 54.8 Å². The van der Waals surface area contributed by atoms with E-state index in [9.17, 15) is 24.0 Å². The van der Waals surface area contributed by atoms with Crippen LogP contribution in [0.15, 0.2) is 48.2 Å². The van der Waals surface area contributed by atoms with Crippen molar-refractivity contribution < 1.29 is 24.0 Å². The van der Waals surface area contributed by atoms with Crippen molar-refractivity contribution in [2.24, 2.45) is 0 Å². The summed E-state index contributed by atoms with van der Waals surface area (Å²) in [5.41, 5.74) is 8.78. The van der Waals surface area contributed by atoms with Crippen molar-refractivity contribution in [3.05, 3.63) is 64.3 Å². The Morgan fingerprint density at radius 1 is 1.14 bits per heavy atom. The topological polar surface area (TPSA) is 163 Å². The number of benzene rings is 2. The van der Waals surface area contributed by atoms with E-state index in [1.54, 1.807) is 36.4 Å². The highest BCUT2D eigenvalue weighted by Gasteiger charge is 2.42. The van der Waals surface area contributed by atoms with Gasteiger partial charge in [-0.1, -0.05) is 17.7 Å². The van der Waals surface area contributed by atoms with E-state index in [0.717, 1.165) is 16.5 Å². The van der Waals surface area contributed by atoms with Gasteiger partial charge in [0.1, 0.15) is 11.7 Å². The van der Waals surface area contributed by atoms with Gasteiger partial charge in [0, 0.05) is 41.1 Å². The van der Waals surface area contributed by atoms with Gasteiger partial charge < -0.3 is 21.7 Å². The lowest BCUT2D eigenvalue weighted by Crippen LogP contribution is -2.54. The first-order chi connectivity index (χ1) is 17.1. The molecule has 1 atom stereocenters. The molecular formula is C24H23ClN6O5. The first-order valence-electron chi connectivity index (χ1n) is 11.0. The summed E-state index contributed by atoms with van der Waals surface area (Å²) < 4.78 is 0. The first-order valence-corrected chi connectivity index (χ1v) is 11.4. The second kappa shape index (κ2) is 10.1.